The number of nitriles is 1. The first-order valence-electron chi connectivity index (χ1n) is 5.83. The number of hydrogen-bond acceptors (Lipinski definition) is 3. The average Bonchev–Trinajstić information content (AvgIpc) is 2.14. The number of nitrogens with one attached hydrogen (secondary N) is 1. The van der Waals surface area contributed by atoms with Crippen molar-refractivity contribution >= 4 is 0 Å². The van der Waals surface area contributed by atoms with Gasteiger partial charge in [0.25, 0.3) is 0 Å². The van der Waals surface area contributed by atoms with E-state index in [1.165, 1.54) is 0 Å². The average molecular weight is 210 g/mol. The van der Waals surface area contributed by atoms with Gasteiger partial charge < -0.3 is 10.4 Å². The molecule has 0 aromatic heterocycles. The normalized spacial score (nSPS) is 25.7. The van der Waals surface area contributed by atoms with E-state index >= 15 is 0 Å². The topological polar surface area (TPSA) is 56.0 Å². The molecule has 0 saturated heterocycles. The molecular formula is C12H22N2O. The molecule has 1 aliphatic carbocycles. The number of aliphatic hydroxyl groups is 1. The minimum atomic E-state index is -0.186. The van der Waals surface area contributed by atoms with E-state index < -0.39 is 0 Å². The minimum Gasteiger partial charge on any atom is -0.393 e. The summed E-state index contributed by atoms with van der Waals surface area (Å²) in [5, 5.41) is 21.3. The van der Waals surface area contributed by atoms with Crippen LogP contribution in [0.4, 0.5) is 0 Å². The summed E-state index contributed by atoms with van der Waals surface area (Å²) < 4.78 is 0. The zero-order valence-electron chi connectivity index (χ0n) is 9.79. The van der Waals surface area contributed by atoms with Crippen LogP contribution in [0.25, 0.3) is 0 Å². The second-order valence-corrected chi connectivity index (χ2v) is 5.29. The Morgan fingerprint density at radius 3 is 2.67 bits per heavy atom. The second-order valence-electron chi connectivity index (χ2n) is 5.29. The van der Waals surface area contributed by atoms with E-state index in [0.29, 0.717) is 5.92 Å². The van der Waals surface area contributed by atoms with Crippen molar-refractivity contribution in [1.29, 1.82) is 5.26 Å². The van der Waals surface area contributed by atoms with Crippen LogP contribution >= 0.6 is 0 Å². The van der Waals surface area contributed by atoms with Gasteiger partial charge in [0, 0.05) is 0 Å². The van der Waals surface area contributed by atoms with E-state index in [4.69, 9.17) is 10.4 Å². The predicted octanol–water partition coefficient (Wildman–Crippen LogP) is 1.68. The molecule has 0 unspecified atom stereocenters. The highest BCUT2D eigenvalue weighted by molar-refractivity contribution is 4.91. The van der Waals surface area contributed by atoms with E-state index in [1.807, 2.05) is 13.8 Å². The van der Waals surface area contributed by atoms with Crippen LogP contribution in [0.3, 0.4) is 0 Å². The monoisotopic (exact) mass is 210 g/mol. The second kappa shape index (κ2) is 5.48. The third-order valence-corrected chi connectivity index (χ3v) is 3.10. The third kappa shape index (κ3) is 4.63. The molecule has 3 heteroatoms. The van der Waals surface area contributed by atoms with Gasteiger partial charge in [-0.15, -0.1) is 0 Å². The van der Waals surface area contributed by atoms with Crippen molar-refractivity contribution in [3.05, 3.63) is 0 Å². The standard InChI is InChI=1S/C12H22N2O/c1-12(2,9-13)4-3-5-14-8-10-6-11(15)7-10/h10-11,14-15H,3-8H2,1-2H3. The van der Waals surface area contributed by atoms with Gasteiger partial charge in [-0.25, -0.2) is 0 Å². The van der Waals surface area contributed by atoms with Gasteiger partial charge in [-0.2, -0.15) is 5.26 Å². The van der Waals surface area contributed by atoms with Gasteiger partial charge in [0.05, 0.1) is 17.6 Å². The first-order chi connectivity index (χ1) is 7.03. The maximum Gasteiger partial charge on any atom is 0.0683 e. The quantitative estimate of drug-likeness (QED) is 0.656. The van der Waals surface area contributed by atoms with Gasteiger partial charge in [-0.3, -0.25) is 0 Å². The van der Waals surface area contributed by atoms with Crippen molar-refractivity contribution in [3.63, 3.8) is 0 Å². The van der Waals surface area contributed by atoms with Crippen LogP contribution in [0.2, 0.25) is 0 Å². The lowest BCUT2D eigenvalue weighted by Crippen LogP contribution is -2.36. The SMILES string of the molecule is CC(C)(C#N)CCCNCC1CC(O)C1. The molecule has 1 rings (SSSR count). The summed E-state index contributed by atoms with van der Waals surface area (Å²) in [4.78, 5) is 0. The maximum absolute atomic E-state index is 9.10. The first kappa shape index (κ1) is 12.5. The van der Waals surface area contributed by atoms with Crippen LogP contribution in [0, 0.1) is 22.7 Å². The molecule has 1 aliphatic rings. The van der Waals surface area contributed by atoms with Crippen LogP contribution in [-0.2, 0) is 0 Å². The summed E-state index contributed by atoms with van der Waals surface area (Å²) in [5.74, 6) is 0.670. The highest BCUT2D eigenvalue weighted by atomic mass is 16.3. The molecule has 1 fully saturated rings. The molecule has 0 atom stereocenters. The largest absolute Gasteiger partial charge is 0.393 e. The summed E-state index contributed by atoms with van der Waals surface area (Å²) in [7, 11) is 0. The molecule has 1 saturated carbocycles. The third-order valence-electron chi connectivity index (χ3n) is 3.10. The van der Waals surface area contributed by atoms with Crippen LogP contribution in [0.15, 0.2) is 0 Å². The summed E-state index contributed by atoms with van der Waals surface area (Å²) in [6.07, 6.45) is 3.86. The Morgan fingerprint density at radius 1 is 1.47 bits per heavy atom. The molecule has 3 nitrogen and oxygen atoms in total. The molecule has 0 aromatic carbocycles. The molecule has 0 spiro atoms. The van der Waals surface area contributed by atoms with Gasteiger partial charge in [0.2, 0.25) is 0 Å². The lowest BCUT2D eigenvalue weighted by Gasteiger charge is -2.31. The lowest BCUT2D eigenvalue weighted by atomic mass is 9.82. The molecule has 15 heavy (non-hydrogen) atoms. The first-order valence-corrected chi connectivity index (χ1v) is 5.83. The fourth-order valence-corrected chi connectivity index (χ4v) is 1.88. The molecule has 0 aromatic rings. The zero-order chi connectivity index (χ0) is 11.3. The molecule has 0 aliphatic heterocycles. The summed E-state index contributed by atoms with van der Waals surface area (Å²) in [5.41, 5.74) is -0.186. The predicted molar refractivity (Wildman–Crippen MR) is 60.2 cm³/mol. The van der Waals surface area contributed by atoms with E-state index in [9.17, 15) is 0 Å². The van der Waals surface area contributed by atoms with Gasteiger partial charge in [-0.1, -0.05) is 0 Å². The Balaban J connectivity index is 1.92. The Bertz CT molecular complexity index is 226. The lowest BCUT2D eigenvalue weighted by molar-refractivity contribution is 0.0431. The van der Waals surface area contributed by atoms with Crippen LogP contribution in [0.1, 0.15) is 39.5 Å². The molecule has 0 heterocycles. The van der Waals surface area contributed by atoms with E-state index in [2.05, 4.69) is 11.4 Å². The minimum absolute atomic E-state index is 0.0469. The number of nitrogens with zero attached hydrogens (tertiary/aromatic N) is 1. The van der Waals surface area contributed by atoms with Gasteiger partial charge >= 0.3 is 0 Å². The molecule has 2 N–H and O–H groups in total. The highest BCUT2D eigenvalue weighted by Gasteiger charge is 2.26. The molecule has 0 bridgehead atoms. The van der Waals surface area contributed by atoms with E-state index in [0.717, 1.165) is 38.8 Å². The molecular weight excluding hydrogens is 188 g/mol. The van der Waals surface area contributed by atoms with Crippen LogP contribution in [-0.4, -0.2) is 24.3 Å². The Hall–Kier alpha value is -0.590. The van der Waals surface area contributed by atoms with E-state index in [-0.39, 0.29) is 11.5 Å². The Labute approximate surface area is 92.5 Å². The van der Waals surface area contributed by atoms with Gasteiger partial charge in [-0.05, 0) is 58.5 Å². The van der Waals surface area contributed by atoms with Crippen molar-refractivity contribution in [1.82, 2.24) is 5.32 Å². The van der Waals surface area contributed by atoms with Gasteiger partial charge in [0.1, 0.15) is 0 Å². The Morgan fingerprint density at radius 2 is 2.13 bits per heavy atom. The van der Waals surface area contributed by atoms with E-state index in [1.54, 1.807) is 0 Å². The van der Waals surface area contributed by atoms with Crippen LogP contribution in [0.5, 0.6) is 0 Å². The smallest absolute Gasteiger partial charge is 0.0683 e. The van der Waals surface area contributed by atoms with Crippen molar-refractivity contribution in [2.75, 3.05) is 13.1 Å². The fraction of sp³-hybridized carbons (Fsp3) is 0.917. The summed E-state index contributed by atoms with van der Waals surface area (Å²) in [6.45, 7) is 5.96. The molecule has 0 radical (unpaired) electrons. The van der Waals surface area contributed by atoms with Crippen molar-refractivity contribution in [2.45, 2.75) is 45.6 Å². The molecule has 86 valence electrons. The number of hydrogen-bond donors (Lipinski definition) is 2. The van der Waals surface area contributed by atoms with Crippen molar-refractivity contribution < 1.29 is 5.11 Å². The maximum atomic E-state index is 9.10. The highest BCUT2D eigenvalue weighted by Crippen LogP contribution is 2.26. The van der Waals surface area contributed by atoms with Gasteiger partial charge in [0.15, 0.2) is 0 Å². The van der Waals surface area contributed by atoms with Crippen molar-refractivity contribution in [3.8, 4) is 6.07 Å². The fourth-order valence-electron chi connectivity index (χ4n) is 1.88. The van der Waals surface area contributed by atoms with Crippen molar-refractivity contribution in [2.24, 2.45) is 11.3 Å². The summed E-state index contributed by atoms with van der Waals surface area (Å²) in [6, 6.07) is 2.31. The number of aliphatic hydroxyl groups excluding tert-OH is 1. The zero-order valence-corrected chi connectivity index (χ0v) is 9.79. The van der Waals surface area contributed by atoms with Crippen LogP contribution < -0.4 is 5.32 Å². The summed E-state index contributed by atoms with van der Waals surface area (Å²) >= 11 is 0. The molecule has 0 amide bonds. The Kier molecular flexibility index (Phi) is 4.56. The number of rotatable bonds is 6.